The van der Waals surface area contributed by atoms with Crippen molar-refractivity contribution in [2.24, 2.45) is 0 Å². The Balaban J connectivity index is 2.04. The van der Waals surface area contributed by atoms with Crippen LogP contribution in [0.4, 0.5) is 10.5 Å². The Morgan fingerprint density at radius 3 is 2.23 bits per heavy atom. The minimum absolute atomic E-state index is 0.174. The van der Waals surface area contributed by atoms with Gasteiger partial charge in [-0.05, 0) is 62.9 Å². The molecule has 2 N–H and O–H groups in total. The lowest BCUT2D eigenvalue weighted by molar-refractivity contribution is 0.0696. The molecule has 5 nitrogen and oxygen atoms in total. The van der Waals surface area contributed by atoms with Crippen LogP contribution in [0.5, 0.6) is 0 Å². The van der Waals surface area contributed by atoms with Crippen molar-refractivity contribution in [2.45, 2.75) is 6.61 Å². The number of carboxylic acids is 1. The van der Waals surface area contributed by atoms with Crippen LogP contribution >= 0.6 is 45.2 Å². The Kier molecular flexibility index (Phi) is 6.00. The van der Waals surface area contributed by atoms with Gasteiger partial charge >= 0.3 is 12.1 Å². The first kappa shape index (κ1) is 17.0. The highest BCUT2D eigenvalue weighted by Crippen LogP contribution is 2.27. The van der Waals surface area contributed by atoms with Crippen molar-refractivity contribution in [3.05, 3.63) is 60.7 Å². The molecule has 0 atom stereocenters. The van der Waals surface area contributed by atoms with E-state index in [1.54, 1.807) is 0 Å². The Bertz CT molecular complexity index is 681. The largest absolute Gasteiger partial charge is 0.478 e. The number of carbonyl (C=O) groups is 2. The van der Waals surface area contributed by atoms with E-state index in [-0.39, 0.29) is 12.2 Å². The molecule has 0 fully saturated rings. The van der Waals surface area contributed by atoms with Crippen molar-refractivity contribution in [3.8, 4) is 0 Å². The smallest absolute Gasteiger partial charge is 0.412 e. The first-order valence-corrected chi connectivity index (χ1v) is 8.33. The Morgan fingerprint density at radius 1 is 1.09 bits per heavy atom. The van der Waals surface area contributed by atoms with Crippen molar-refractivity contribution in [1.29, 1.82) is 0 Å². The summed E-state index contributed by atoms with van der Waals surface area (Å²) in [5.74, 6) is -1.01. The molecule has 0 bridgehead atoms. The second-order valence-electron chi connectivity index (χ2n) is 4.31. The highest BCUT2D eigenvalue weighted by molar-refractivity contribution is 14.1. The maximum atomic E-state index is 11.9. The molecule has 2 aromatic rings. The summed E-state index contributed by atoms with van der Waals surface area (Å²) in [7, 11) is 0. The minimum atomic E-state index is -1.01. The predicted octanol–water partition coefficient (Wildman–Crippen LogP) is 4.34. The molecule has 0 unspecified atom stereocenters. The zero-order chi connectivity index (χ0) is 16.1. The second kappa shape index (κ2) is 7.77. The molecular weight excluding hydrogens is 512 g/mol. The van der Waals surface area contributed by atoms with E-state index in [4.69, 9.17) is 9.84 Å². The predicted molar refractivity (Wildman–Crippen MR) is 99.1 cm³/mol. The maximum absolute atomic E-state index is 11.9. The third kappa shape index (κ3) is 4.57. The zero-order valence-corrected chi connectivity index (χ0v) is 15.5. The van der Waals surface area contributed by atoms with Gasteiger partial charge in [-0.2, -0.15) is 0 Å². The van der Waals surface area contributed by atoms with Crippen LogP contribution in [-0.2, 0) is 11.3 Å². The van der Waals surface area contributed by atoms with E-state index in [0.717, 1.165) is 5.56 Å². The number of nitrogens with one attached hydrogen (secondary N) is 1. The lowest BCUT2D eigenvalue weighted by Crippen LogP contribution is -2.15. The van der Waals surface area contributed by atoms with Gasteiger partial charge in [0.25, 0.3) is 0 Å². The summed E-state index contributed by atoms with van der Waals surface area (Å²) >= 11 is 3.96. The van der Waals surface area contributed by atoms with Gasteiger partial charge < -0.3 is 9.84 Å². The number of ether oxygens (including phenoxy) is 1. The lowest BCUT2D eigenvalue weighted by Gasteiger charge is -2.11. The average Bonchev–Trinajstić information content (AvgIpc) is 2.49. The number of amides is 1. The van der Waals surface area contributed by atoms with E-state index in [1.165, 1.54) is 12.1 Å². The maximum Gasteiger partial charge on any atom is 0.412 e. The third-order valence-electron chi connectivity index (χ3n) is 2.73. The van der Waals surface area contributed by atoms with Gasteiger partial charge in [0.05, 0.1) is 11.3 Å². The van der Waals surface area contributed by atoms with Gasteiger partial charge in [-0.3, -0.25) is 5.32 Å². The highest BCUT2D eigenvalue weighted by atomic mass is 127. The Hall–Kier alpha value is -1.36. The van der Waals surface area contributed by atoms with Gasteiger partial charge in [-0.25, -0.2) is 9.59 Å². The fourth-order valence-corrected chi connectivity index (χ4v) is 3.72. The standard InChI is InChI=1S/C15H11I2NO4/c16-11-6-10(14(19)20)7-12(17)13(11)18-15(21)22-8-9-4-2-1-3-5-9/h1-7H,8H2,(H,18,21)(H,19,20). The molecule has 22 heavy (non-hydrogen) atoms. The highest BCUT2D eigenvalue weighted by Gasteiger charge is 2.14. The number of aromatic carboxylic acids is 1. The first-order chi connectivity index (χ1) is 10.5. The van der Waals surface area contributed by atoms with Crippen LogP contribution in [0.2, 0.25) is 0 Å². The van der Waals surface area contributed by atoms with Gasteiger partial charge in [0.2, 0.25) is 0 Å². The molecule has 2 aromatic carbocycles. The van der Waals surface area contributed by atoms with Crippen molar-refractivity contribution in [2.75, 3.05) is 5.32 Å². The summed E-state index contributed by atoms with van der Waals surface area (Å²) in [5.41, 5.74) is 1.62. The van der Waals surface area contributed by atoms with E-state index >= 15 is 0 Å². The molecule has 0 aliphatic rings. The van der Waals surface area contributed by atoms with Gasteiger partial charge in [0.15, 0.2) is 0 Å². The van der Waals surface area contributed by atoms with E-state index < -0.39 is 12.1 Å². The van der Waals surface area contributed by atoms with Crippen LogP contribution in [-0.4, -0.2) is 17.2 Å². The number of carboxylic acid groups (broad SMARTS) is 1. The van der Waals surface area contributed by atoms with Gasteiger partial charge in [-0.15, -0.1) is 0 Å². The number of hydrogen-bond acceptors (Lipinski definition) is 3. The van der Waals surface area contributed by atoms with Crippen molar-refractivity contribution >= 4 is 62.9 Å². The van der Waals surface area contributed by atoms with E-state index in [9.17, 15) is 9.59 Å². The van der Waals surface area contributed by atoms with Crippen molar-refractivity contribution in [1.82, 2.24) is 0 Å². The zero-order valence-electron chi connectivity index (χ0n) is 11.2. The van der Waals surface area contributed by atoms with Crippen LogP contribution in [0, 0.1) is 7.14 Å². The molecule has 0 radical (unpaired) electrons. The number of anilines is 1. The Morgan fingerprint density at radius 2 is 1.68 bits per heavy atom. The van der Waals surface area contributed by atoms with Crippen LogP contribution in [0.3, 0.4) is 0 Å². The fraction of sp³-hybridized carbons (Fsp3) is 0.0667. The molecular formula is C15H11I2NO4. The Labute approximate surface area is 154 Å². The van der Waals surface area contributed by atoms with Crippen LogP contribution in [0.1, 0.15) is 15.9 Å². The normalized spacial score (nSPS) is 10.1. The van der Waals surface area contributed by atoms with E-state index in [1.807, 2.05) is 75.5 Å². The molecule has 114 valence electrons. The molecule has 1 amide bonds. The van der Waals surface area contributed by atoms with Gasteiger partial charge in [-0.1, -0.05) is 30.3 Å². The SMILES string of the molecule is O=C(Nc1c(I)cc(C(=O)O)cc1I)OCc1ccccc1. The topological polar surface area (TPSA) is 75.6 Å². The summed E-state index contributed by atoms with van der Waals surface area (Å²) in [6, 6.07) is 12.3. The monoisotopic (exact) mass is 523 g/mol. The lowest BCUT2D eigenvalue weighted by atomic mass is 10.2. The molecule has 0 aliphatic carbocycles. The molecule has 0 spiro atoms. The molecule has 0 saturated carbocycles. The van der Waals surface area contributed by atoms with E-state index in [2.05, 4.69) is 5.32 Å². The molecule has 7 heteroatoms. The van der Waals surface area contributed by atoms with Crippen LogP contribution in [0.25, 0.3) is 0 Å². The minimum Gasteiger partial charge on any atom is -0.478 e. The molecule has 0 saturated heterocycles. The summed E-state index contributed by atoms with van der Waals surface area (Å²) in [6.07, 6.45) is -0.581. The quantitative estimate of drug-likeness (QED) is 0.586. The second-order valence-corrected chi connectivity index (χ2v) is 6.63. The summed E-state index contributed by atoms with van der Waals surface area (Å²) in [4.78, 5) is 22.8. The van der Waals surface area contributed by atoms with Crippen molar-refractivity contribution in [3.63, 3.8) is 0 Å². The number of rotatable bonds is 4. The van der Waals surface area contributed by atoms with Crippen molar-refractivity contribution < 1.29 is 19.4 Å². The molecule has 0 heterocycles. The van der Waals surface area contributed by atoms with Crippen LogP contribution < -0.4 is 5.32 Å². The fourth-order valence-electron chi connectivity index (χ4n) is 1.68. The van der Waals surface area contributed by atoms with Gasteiger partial charge in [0.1, 0.15) is 6.61 Å². The summed E-state index contributed by atoms with van der Waals surface area (Å²) < 4.78 is 6.42. The van der Waals surface area contributed by atoms with Gasteiger partial charge in [0, 0.05) is 7.14 Å². The first-order valence-electron chi connectivity index (χ1n) is 6.17. The molecule has 0 aliphatic heterocycles. The molecule has 0 aromatic heterocycles. The van der Waals surface area contributed by atoms with E-state index in [0.29, 0.717) is 12.8 Å². The average molecular weight is 523 g/mol. The number of benzene rings is 2. The van der Waals surface area contributed by atoms with Crippen LogP contribution in [0.15, 0.2) is 42.5 Å². The number of carbonyl (C=O) groups excluding carboxylic acids is 1. The third-order valence-corrected chi connectivity index (χ3v) is 4.43. The summed E-state index contributed by atoms with van der Waals surface area (Å²) in [6.45, 7) is 0.174. The molecule has 2 rings (SSSR count). The summed E-state index contributed by atoms with van der Waals surface area (Å²) in [5, 5.41) is 11.6. The number of hydrogen-bond donors (Lipinski definition) is 2. The number of halogens is 2.